The van der Waals surface area contributed by atoms with Crippen molar-refractivity contribution in [2.45, 2.75) is 24.4 Å². The molecule has 184 valence electrons. The van der Waals surface area contributed by atoms with Crippen molar-refractivity contribution >= 4 is 55.1 Å². The maximum Gasteiger partial charge on any atom is 0.264 e. The predicted octanol–water partition coefficient (Wildman–Crippen LogP) is 4.46. The van der Waals surface area contributed by atoms with E-state index in [1.54, 1.807) is 37.3 Å². The van der Waals surface area contributed by atoms with E-state index in [2.05, 4.69) is 21.2 Å². The average Bonchev–Trinajstić information content (AvgIpc) is 2.85. The Bertz CT molecular complexity index is 1290. The van der Waals surface area contributed by atoms with Crippen LogP contribution in [0.5, 0.6) is 0 Å². The molecule has 10 heteroatoms. The van der Waals surface area contributed by atoms with Crippen LogP contribution in [0.15, 0.2) is 88.2 Å². The van der Waals surface area contributed by atoms with Crippen molar-refractivity contribution in [1.82, 2.24) is 10.2 Å². The molecule has 0 aliphatic heterocycles. The minimum Gasteiger partial charge on any atom is -0.357 e. The molecule has 0 saturated carbocycles. The normalized spacial score (nSPS) is 12.0. The Labute approximate surface area is 218 Å². The zero-order valence-corrected chi connectivity index (χ0v) is 22.3. The van der Waals surface area contributed by atoms with E-state index in [0.717, 1.165) is 14.3 Å². The minimum absolute atomic E-state index is 0.00329. The lowest BCUT2D eigenvalue weighted by molar-refractivity contribution is -0.139. The van der Waals surface area contributed by atoms with Crippen molar-refractivity contribution in [2.75, 3.05) is 17.9 Å². The molecule has 0 unspecified atom stereocenters. The summed E-state index contributed by atoms with van der Waals surface area (Å²) in [6.07, 6.45) is 0. The number of amides is 2. The van der Waals surface area contributed by atoms with Gasteiger partial charge in [-0.15, -0.1) is 0 Å². The molecule has 7 nitrogen and oxygen atoms in total. The number of carbonyl (C=O) groups is 2. The molecule has 1 atom stereocenters. The van der Waals surface area contributed by atoms with Crippen LogP contribution in [-0.4, -0.2) is 44.8 Å². The second-order valence-corrected chi connectivity index (χ2v) is 11.0. The van der Waals surface area contributed by atoms with Gasteiger partial charge in [-0.3, -0.25) is 13.9 Å². The van der Waals surface area contributed by atoms with Gasteiger partial charge in [0.25, 0.3) is 10.0 Å². The minimum atomic E-state index is -4.11. The van der Waals surface area contributed by atoms with Crippen LogP contribution in [-0.2, 0) is 26.2 Å². The monoisotopic (exact) mass is 577 g/mol. The second kappa shape index (κ2) is 11.7. The number of sulfonamides is 1. The van der Waals surface area contributed by atoms with Crippen molar-refractivity contribution in [1.29, 1.82) is 0 Å². The first-order chi connectivity index (χ1) is 16.6. The Hall–Kier alpha value is -2.88. The quantitative estimate of drug-likeness (QED) is 0.406. The first-order valence-electron chi connectivity index (χ1n) is 10.7. The number of hydrogen-bond acceptors (Lipinski definition) is 4. The predicted molar refractivity (Wildman–Crippen MR) is 141 cm³/mol. The van der Waals surface area contributed by atoms with Gasteiger partial charge in [0.05, 0.1) is 10.6 Å². The Balaban J connectivity index is 2.00. The fraction of sp³-hybridized carbons (Fsp3) is 0.200. The number of rotatable bonds is 9. The van der Waals surface area contributed by atoms with Gasteiger partial charge in [-0.05, 0) is 61.0 Å². The summed E-state index contributed by atoms with van der Waals surface area (Å²) in [5, 5.41) is 2.95. The van der Waals surface area contributed by atoms with E-state index in [-0.39, 0.29) is 17.3 Å². The van der Waals surface area contributed by atoms with Crippen LogP contribution in [0.1, 0.15) is 12.5 Å². The summed E-state index contributed by atoms with van der Waals surface area (Å²) in [5.74, 6) is -0.886. The number of halogens is 2. The summed E-state index contributed by atoms with van der Waals surface area (Å²) < 4.78 is 29.1. The largest absolute Gasteiger partial charge is 0.357 e. The molecule has 2 amide bonds. The SMILES string of the molecule is CNC(=O)[C@H](C)N(Cc1cccc(Br)c1)C(=O)CN(c1ccccc1)S(=O)(=O)c1ccc(Cl)cc1. The lowest BCUT2D eigenvalue weighted by Gasteiger charge is -2.31. The molecule has 0 fully saturated rings. The number of anilines is 1. The third-order valence-corrected chi connectivity index (χ3v) is 7.91. The van der Waals surface area contributed by atoms with Crippen molar-refractivity contribution < 1.29 is 18.0 Å². The van der Waals surface area contributed by atoms with Crippen LogP contribution in [0.4, 0.5) is 5.69 Å². The standard InChI is InChI=1S/C25H25BrClN3O4S/c1-18(25(32)28-2)29(16-19-7-6-8-20(26)15-19)24(31)17-30(22-9-4-3-5-10-22)35(33,34)23-13-11-21(27)12-14-23/h3-15,18H,16-17H2,1-2H3,(H,28,32)/t18-/m0/s1. The van der Waals surface area contributed by atoms with Gasteiger partial charge in [0, 0.05) is 23.1 Å². The zero-order valence-electron chi connectivity index (χ0n) is 19.2. The highest BCUT2D eigenvalue weighted by molar-refractivity contribution is 9.10. The van der Waals surface area contributed by atoms with Gasteiger partial charge in [0.15, 0.2) is 0 Å². The molecule has 0 saturated heterocycles. The van der Waals surface area contributed by atoms with Gasteiger partial charge in [0.2, 0.25) is 11.8 Å². The van der Waals surface area contributed by atoms with Crippen molar-refractivity contribution in [3.63, 3.8) is 0 Å². The summed E-state index contributed by atoms with van der Waals surface area (Å²) in [5.41, 5.74) is 1.11. The highest BCUT2D eigenvalue weighted by Gasteiger charge is 2.32. The van der Waals surface area contributed by atoms with Crippen molar-refractivity contribution in [2.24, 2.45) is 0 Å². The van der Waals surface area contributed by atoms with Gasteiger partial charge < -0.3 is 10.2 Å². The molecule has 3 rings (SSSR count). The summed E-state index contributed by atoms with van der Waals surface area (Å²) in [7, 11) is -2.62. The van der Waals surface area contributed by atoms with Gasteiger partial charge in [0.1, 0.15) is 12.6 Å². The number of benzene rings is 3. The second-order valence-electron chi connectivity index (χ2n) is 7.74. The van der Waals surface area contributed by atoms with Crippen LogP contribution < -0.4 is 9.62 Å². The number of nitrogens with one attached hydrogen (secondary N) is 1. The third kappa shape index (κ3) is 6.62. The molecule has 0 bridgehead atoms. The Kier molecular flexibility index (Phi) is 8.93. The highest BCUT2D eigenvalue weighted by atomic mass is 79.9. The number of para-hydroxylation sites is 1. The Morgan fingerprint density at radius 2 is 1.66 bits per heavy atom. The molecule has 0 radical (unpaired) electrons. The lowest BCUT2D eigenvalue weighted by Crippen LogP contribution is -2.50. The number of nitrogens with zero attached hydrogens (tertiary/aromatic N) is 2. The molecule has 0 spiro atoms. The number of hydrogen-bond donors (Lipinski definition) is 1. The van der Waals surface area contributed by atoms with Gasteiger partial charge in [-0.2, -0.15) is 0 Å². The lowest BCUT2D eigenvalue weighted by atomic mass is 10.1. The molecule has 0 aliphatic carbocycles. The van der Waals surface area contributed by atoms with Gasteiger partial charge in [-0.25, -0.2) is 8.42 Å². The summed E-state index contributed by atoms with van der Waals surface area (Å²) in [6, 6.07) is 20.6. The van der Waals surface area contributed by atoms with E-state index in [0.29, 0.717) is 10.7 Å². The fourth-order valence-electron chi connectivity index (χ4n) is 3.48. The molecule has 0 aromatic heterocycles. The zero-order chi connectivity index (χ0) is 25.6. The van der Waals surface area contributed by atoms with E-state index < -0.39 is 28.5 Å². The summed E-state index contributed by atoms with van der Waals surface area (Å²) in [4.78, 5) is 27.4. The van der Waals surface area contributed by atoms with Gasteiger partial charge in [-0.1, -0.05) is 57.9 Å². The molecule has 0 aliphatic rings. The van der Waals surface area contributed by atoms with Crippen LogP contribution in [0.3, 0.4) is 0 Å². The Morgan fingerprint density at radius 3 is 2.26 bits per heavy atom. The maximum absolute atomic E-state index is 13.6. The van der Waals surface area contributed by atoms with E-state index in [1.165, 1.54) is 36.2 Å². The summed E-state index contributed by atoms with van der Waals surface area (Å²) >= 11 is 9.36. The van der Waals surface area contributed by atoms with E-state index >= 15 is 0 Å². The van der Waals surface area contributed by atoms with Crippen molar-refractivity contribution in [3.8, 4) is 0 Å². The van der Waals surface area contributed by atoms with Crippen LogP contribution in [0.2, 0.25) is 5.02 Å². The average molecular weight is 579 g/mol. The molecular formula is C25H25BrClN3O4S. The first-order valence-corrected chi connectivity index (χ1v) is 13.3. The van der Waals surface area contributed by atoms with Crippen LogP contribution in [0.25, 0.3) is 0 Å². The maximum atomic E-state index is 13.6. The topological polar surface area (TPSA) is 86.8 Å². The number of carbonyl (C=O) groups excluding carboxylic acids is 2. The third-order valence-electron chi connectivity index (χ3n) is 5.38. The smallest absolute Gasteiger partial charge is 0.264 e. The fourth-order valence-corrected chi connectivity index (χ4v) is 5.47. The highest BCUT2D eigenvalue weighted by Crippen LogP contribution is 2.25. The molecule has 35 heavy (non-hydrogen) atoms. The first kappa shape index (κ1) is 26.7. The van der Waals surface area contributed by atoms with Crippen LogP contribution in [0, 0.1) is 0 Å². The van der Waals surface area contributed by atoms with Gasteiger partial charge >= 0.3 is 0 Å². The number of likely N-dealkylation sites (N-methyl/N-ethyl adjacent to an activating group) is 1. The molecule has 3 aromatic rings. The summed E-state index contributed by atoms with van der Waals surface area (Å²) in [6.45, 7) is 1.23. The molecule has 1 N–H and O–H groups in total. The molecular weight excluding hydrogens is 554 g/mol. The van der Waals surface area contributed by atoms with E-state index in [9.17, 15) is 18.0 Å². The van der Waals surface area contributed by atoms with E-state index in [1.807, 2.05) is 24.3 Å². The molecule has 0 heterocycles. The molecule has 3 aromatic carbocycles. The Morgan fingerprint density at radius 1 is 1.00 bits per heavy atom. The van der Waals surface area contributed by atoms with Crippen molar-refractivity contribution in [3.05, 3.63) is 93.9 Å². The van der Waals surface area contributed by atoms with Crippen LogP contribution >= 0.6 is 27.5 Å². The van der Waals surface area contributed by atoms with E-state index in [4.69, 9.17) is 11.6 Å².